The second kappa shape index (κ2) is 7.96. The van der Waals surface area contributed by atoms with Crippen LogP contribution in [0, 0.1) is 0 Å². The number of carbonyl (C=O) groups is 1. The lowest BCUT2D eigenvalue weighted by molar-refractivity contribution is 0.0270. The highest BCUT2D eigenvalue weighted by molar-refractivity contribution is 5.68. The third kappa shape index (κ3) is 7.11. The Morgan fingerprint density at radius 2 is 2.05 bits per heavy atom. The average molecular weight is 302 g/mol. The maximum atomic E-state index is 11.9. The van der Waals surface area contributed by atoms with E-state index >= 15 is 0 Å². The first kappa shape index (κ1) is 18.2. The summed E-state index contributed by atoms with van der Waals surface area (Å²) in [6.07, 6.45) is 0.204. The Labute approximate surface area is 127 Å². The SMILES string of the molecule is CC(C)OCCCN[C@@H]1CN(C(=O)OC(C)(C)C)C[C@H]1O. The van der Waals surface area contributed by atoms with Gasteiger partial charge in [-0.05, 0) is 47.6 Å². The molecule has 0 aromatic heterocycles. The lowest BCUT2D eigenvalue weighted by Gasteiger charge is -2.24. The number of carbonyl (C=O) groups excluding carboxylic acids is 1. The van der Waals surface area contributed by atoms with Gasteiger partial charge >= 0.3 is 6.09 Å². The molecule has 0 radical (unpaired) electrons. The fourth-order valence-corrected chi connectivity index (χ4v) is 2.14. The molecule has 124 valence electrons. The zero-order valence-corrected chi connectivity index (χ0v) is 13.9. The minimum Gasteiger partial charge on any atom is -0.444 e. The molecule has 1 aliphatic heterocycles. The van der Waals surface area contributed by atoms with Crippen molar-refractivity contribution in [3.63, 3.8) is 0 Å². The van der Waals surface area contributed by atoms with Gasteiger partial charge in [-0.2, -0.15) is 0 Å². The standard InChI is InChI=1S/C15H30N2O4/c1-11(2)20-8-6-7-16-12-9-17(10-13(12)18)14(19)21-15(3,4)5/h11-13,16,18H,6-10H2,1-5H3/t12-,13-/m1/s1. The number of nitrogens with one attached hydrogen (secondary N) is 1. The summed E-state index contributed by atoms with van der Waals surface area (Å²) in [7, 11) is 0. The smallest absolute Gasteiger partial charge is 0.410 e. The van der Waals surface area contributed by atoms with Crippen molar-refractivity contribution in [3.8, 4) is 0 Å². The van der Waals surface area contributed by atoms with Crippen molar-refractivity contribution < 1.29 is 19.4 Å². The van der Waals surface area contributed by atoms with Gasteiger partial charge in [-0.1, -0.05) is 0 Å². The molecule has 1 rings (SSSR count). The molecule has 0 aromatic rings. The molecule has 2 N–H and O–H groups in total. The molecule has 1 heterocycles. The Balaban J connectivity index is 2.27. The van der Waals surface area contributed by atoms with Crippen molar-refractivity contribution in [1.29, 1.82) is 0 Å². The topological polar surface area (TPSA) is 71.0 Å². The number of β-amino-alcohol motifs (C(OH)–C–C–N with tert-alkyl or cyclic N) is 1. The summed E-state index contributed by atoms with van der Waals surface area (Å²) in [6.45, 7) is 11.8. The highest BCUT2D eigenvalue weighted by Gasteiger charge is 2.35. The molecule has 1 saturated heterocycles. The quantitative estimate of drug-likeness (QED) is 0.725. The van der Waals surface area contributed by atoms with Gasteiger partial charge in [0.2, 0.25) is 0 Å². The lowest BCUT2D eigenvalue weighted by Crippen LogP contribution is -2.40. The summed E-state index contributed by atoms with van der Waals surface area (Å²) in [6, 6.07) is -0.100. The van der Waals surface area contributed by atoms with E-state index in [9.17, 15) is 9.90 Å². The predicted octanol–water partition coefficient (Wildman–Crippen LogP) is 1.37. The molecule has 0 saturated carbocycles. The Bertz CT molecular complexity index is 328. The van der Waals surface area contributed by atoms with E-state index in [1.807, 2.05) is 34.6 Å². The van der Waals surface area contributed by atoms with E-state index in [-0.39, 0.29) is 18.2 Å². The van der Waals surface area contributed by atoms with E-state index < -0.39 is 11.7 Å². The molecule has 1 fully saturated rings. The number of hydrogen-bond acceptors (Lipinski definition) is 5. The zero-order valence-electron chi connectivity index (χ0n) is 13.9. The summed E-state index contributed by atoms with van der Waals surface area (Å²) in [5, 5.41) is 13.3. The number of aliphatic hydroxyl groups excluding tert-OH is 1. The average Bonchev–Trinajstić information content (AvgIpc) is 2.68. The molecule has 21 heavy (non-hydrogen) atoms. The van der Waals surface area contributed by atoms with Crippen molar-refractivity contribution >= 4 is 6.09 Å². The summed E-state index contributed by atoms with van der Waals surface area (Å²) >= 11 is 0. The van der Waals surface area contributed by atoms with Crippen LogP contribution in [-0.2, 0) is 9.47 Å². The van der Waals surface area contributed by atoms with Crippen molar-refractivity contribution in [2.45, 2.75) is 64.9 Å². The number of aliphatic hydroxyl groups is 1. The molecule has 0 spiro atoms. The fourth-order valence-electron chi connectivity index (χ4n) is 2.14. The molecular weight excluding hydrogens is 272 g/mol. The van der Waals surface area contributed by atoms with Crippen LogP contribution in [0.1, 0.15) is 41.0 Å². The van der Waals surface area contributed by atoms with Gasteiger partial charge in [0.15, 0.2) is 0 Å². The number of hydrogen-bond donors (Lipinski definition) is 2. The van der Waals surface area contributed by atoms with Crippen LogP contribution < -0.4 is 5.32 Å². The summed E-state index contributed by atoms with van der Waals surface area (Å²) < 4.78 is 10.8. The van der Waals surface area contributed by atoms with E-state index in [4.69, 9.17) is 9.47 Å². The molecule has 0 unspecified atom stereocenters. The molecular formula is C15H30N2O4. The van der Waals surface area contributed by atoms with E-state index in [1.54, 1.807) is 4.90 Å². The Morgan fingerprint density at radius 1 is 1.38 bits per heavy atom. The number of nitrogens with zero attached hydrogens (tertiary/aromatic N) is 1. The van der Waals surface area contributed by atoms with Gasteiger partial charge in [-0.15, -0.1) is 0 Å². The fraction of sp³-hybridized carbons (Fsp3) is 0.933. The largest absolute Gasteiger partial charge is 0.444 e. The lowest BCUT2D eigenvalue weighted by atomic mass is 10.2. The van der Waals surface area contributed by atoms with E-state index in [0.717, 1.165) is 13.0 Å². The second-order valence-corrected chi connectivity index (χ2v) is 6.79. The van der Waals surface area contributed by atoms with Gasteiger partial charge in [0.25, 0.3) is 0 Å². The first-order chi connectivity index (χ1) is 9.69. The van der Waals surface area contributed by atoms with Crippen LogP contribution >= 0.6 is 0 Å². The molecule has 1 aliphatic rings. The van der Waals surface area contributed by atoms with Crippen molar-refractivity contribution in [3.05, 3.63) is 0 Å². The van der Waals surface area contributed by atoms with Crippen LogP contribution in [0.5, 0.6) is 0 Å². The third-order valence-corrected chi connectivity index (χ3v) is 3.12. The summed E-state index contributed by atoms with van der Waals surface area (Å²) in [5.41, 5.74) is -0.512. The number of amides is 1. The van der Waals surface area contributed by atoms with Crippen LogP contribution in [0.4, 0.5) is 4.79 Å². The van der Waals surface area contributed by atoms with Crippen LogP contribution in [0.2, 0.25) is 0 Å². The molecule has 6 nitrogen and oxygen atoms in total. The zero-order chi connectivity index (χ0) is 16.0. The highest BCUT2D eigenvalue weighted by Crippen LogP contribution is 2.15. The van der Waals surface area contributed by atoms with Gasteiger partial charge in [-0.3, -0.25) is 0 Å². The van der Waals surface area contributed by atoms with Crippen molar-refractivity contribution in [2.24, 2.45) is 0 Å². The summed E-state index contributed by atoms with van der Waals surface area (Å²) in [4.78, 5) is 13.5. The van der Waals surface area contributed by atoms with E-state index in [0.29, 0.717) is 19.7 Å². The molecule has 2 atom stereocenters. The first-order valence-electron chi connectivity index (χ1n) is 7.70. The van der Waals surface area contributed by atoms with Crippen molar-refractivity contribution in [2.75, 3.05) is 26.2 Å². The van der Waals surface area contributed by atoms with Gasteiger partial charge in [0.1, 0.15) is 5.60 Å². The van der Waals surface area contributed by atoms with Crippen LogP contribution in [-0.4, -0.2) is 66.2 Å². The summed E-state index contributed by atoms with van der Waals surface area (Å²) in [5.74, 6) is 0. The molecule has 0 aliphatic carbocycles. The number of likely N-dealkylation sites (tertiary alicyclic amines) is 1. The monoisotopic (exact) mass is 302 g/mol. The van der Waals surface area contributed by atoms with Crippen LogP contribution in [0.25, 0.3) is 0 Å². The van der Waals surface area contributed by atoms with Gasteiger partial charge in [0.05, 0.1) is 24.8 Å². The normalized spacial score (nSPS) is 22.9. The van der Waals surface area contributed by atoms with Crippen LogP contribution in [0.3, 0.4) is 0 Å². The number of rotatable bonds is 6. The maximum absolute atomic E-state index is 11.9. The number of ether oxygens (including phenoxy) is 2. The Kier molecular flexibility index (Phi) is 6.90. The Hall–Kier alpha value is -0.850. The molecule has 1 amide bonds. The van der Waals surface area contributed by atoms with E-state index in [2.05, 4.69) is 5.32 Å². The predicted molar refractivity (Wildman–Crippen MR) is 81.3 cm³/mol. The molecule has 0 bridgehead atoms. The van der Waals surface area contributed by atoms with Gasteiger partial charge in [0, 0.05) is 13.2 Å². The molecule has 6 heteroatoms. The third-order valence-electron chi connectivity index (χ3n) is 3.12. The Morgan fingerprint density at radius 3 is 2.62 bits per heavy atom. The molecule has 0 aromatic carbocycles. The maximum Gasteiger partial charge on any atom is 0.410 e. The van der Waals surface area contributed by atoms with Gasteiger partial charge in [-0.25, -0.2) is 4.79 Å². The van der Waals surface area contributed by atoms with Crippen LogP contribution in [0.15, 0.2) is 0 Å². The second-order valence-electron chi connectivity index (χ2n) is 6.79. The highest BCUT2D eigenvalue weighted by atomic mass is 16.6. The van der Waals surface area contributed by atoms with E-state index in [1.165, 1.54) is 0 Å². The first-order valence-corrected chi connectivity index (χ1v) is 7.70. The van der Waals surface area contributed by atoms with Gasteiger partial charge < -0.3 is 24.8 Å². The minimum absolute atomic E-state index is 0.100. The minimum atomic E-state index is -0.552. The van der Waals surface area contributed by atoms with Crippen molar-refractivity contribution in [1.82, 2.24) is 10.2 Å².